The topological polar surface area (TPSA) is 79.6 Å². The summed E-state index contributed by atoms with van der Waals surface area (Å²) < 4.78 is 7.78. The van der Waals surface area contributed by atoms with Gasteiger partial charge in [-0.1, -0.05) is 18.2 Å². The van der Waals surface area contributed by atoms with Crippen LogP contribution >= 0.6 is 0 Å². The molecule has 1 aromatic carbocycles. The normalized spacial score (nSPS) is 20.2. The number of rotatable bonds is 5. The fourth-order valence-corrected chi connectivity index (χ4v) is 5.55. The molecule has 3 aromatic heterocycles. The minimum atomic E-state index is 0.122. The van der Waals surface area contributed by atoms with E-state index in [1.165, 1.54) is 0 Å². The molecule has 196 valence electrons. The highest BCUT2D eigenvalue weighted by molar-refractivity contribution is 5.82. The van der Waals surface area contributed by atoms with Gasteiger partial charge in [0.15, 0.2) is 0 Å². The predicted molar refractivity (Wildman–Crippen MR) is 148 cm³/mol. The smallest absolute Gasteiger partial charge is 0.242 e. The summed E-state index contributed by atoms with van der Waals surface area (Å²) in [4.78, 5) is 33.4. The predicted octanol–water partition coefficient (Wildman–Crippen LogP) is 3.46. The molecule has 0 spiro atoms. The van der Waals surface area contributed by atoms with E-state index in [2.05, 4.69) is 46.8 Å². The van der Waals surface area contributed by atoms with Gasteiger partial charge < -0.3 is 24.0 Å². The van der Waals surface area contributed by atoms with Crippen molar-refractivity contribution in [2.24, 2.45) is 0 Å². The number of benzene rings is 1. The first kappa shape index (κ1) is 24.4. The zero-order chi connectivity index (χ0) is 26.1. The molecule has 5 heterocycles. The number of para-hydroxylation sites is 1. The fourth-order valence-electron chi connectivity index (χ4n) is 5.55. The van der Waals surface area contributed by atoms with E-state index < -0.39 is 0 Å². The number of piperazine rings is 1. The molecule has 1 amide bonds. The van der Waals surface area contributed by atoms with Crippen LogP contribution in [0.4, 0.5) is 11.6 Å². The van der Waals surface area contributed by atoms with Crippen molar-refractivity contribution in [3.05, 3.63) is 67.3 Å². The molecule has 2 aliphatic heterocycles. The van der Waals surface area contributed by atoms with Crippen molar-refractivity contribution < 1.29 is 9.53 Å². The van der Waals surface area contributed by atoms with Crippen LogP contribution in [0.5, 0.6) is 0 Å². The highest BCUT2D eigenvalue weighted by Crippen LogP contribution is 2.31. The van der Waals surface area contributed by atoms with Crippen LogP contribution in [-0.4, -0.2) is 81.8 Å². The third kappa shape index (κ3) is 4.93. The first-order chi connectivity index (χ1) is 18.5. The van der Waals surface area contributed by atoms with Crippen LogP contribution < -0.4 is 9.80 Å². The second-order valence-electron chi connectivity index (χ2n) is 10.2. The number of hydrogen-bond donors (Lipinski definition) is 0. The van der Waals surface area contributed by atoms with E-state index in [1.807, 2.05) is 52.3 Å². The Morgan fingerprint density at radius 3 is 2.39 bits per heavy atom. The van der Waals surface area contributed by atoms with Gasteiger partial charge in [0, 0.05) is 86.3 Å². The molecule has 6 rings (SSSR count). The zero-order valence-electron chi connectivity index (χ0n) is 21.9. The fraction of sp³-hybridized carbons (Fsp3) is 0.379. The summed E-state index contributed by atoms with van der Waals surface area (Å²) in [7, 11) is 0. The lowest BCUT2D eigenvalue weighted by Gasteiger charge is -2.37. The number of morpholine rings is 1. The number of fused-ring (bicyclic) bond motifs is 1. The van der Waals surface area contributed by atoms with E-state index in [0.717, 1.165) is 60.0 Å². The summed E-state index contributed by atoms with van der Waals surface area (Å²) in [5, 5.41) is 1.05. The number of aromatic nitrogens is 4. The van der Waals surface area contributed by atoms with E-state index in [1.54, 1.807) is 6.20 Å². The summed E-state index contributed by atoms with van der Waals surface area (Å²) in [5.74, 6) is 0.864. The van der Waals surface area contributed by atoms with Crippen LogP contribution in [0.3, 0.4) is 0 Å². The van der Waals surface area contributed by atoms with Crippen molar-refractivity contribution in [3.8, 4) is 11.1 Å². The minimum Gasteiger partial charge on any atom is -0.372 e. The maximum atomic E-state index is 13.1. The van der Waals surface area contributed by atoms with Gasteiger partial charge in [-0.15, -0.1) is 0 Å². The maximum Gasteiger partial charge on any atom is 0.242 e. The Morgan fingerprint density at radius 2 is 1.63 bits per heavy atom. The first-order valence-corrected chi connectivity index (χ1v) is 13.3. The highest BCUT2D eigenvalue weighted by Gasteiger charge is 2.25. The number of carbonyl (C=O) groups excluding carboxylic acids is 1. The number of amides is 1. The van der Waals surface area contributed by atoms with Crippen molar-refractivity contribution >= 4 is 28.6 Å². The van der Waals surface area contributed by atoms with E-state index in [-0.39, 0.29) is 18.1 Å². The first-order valence-electron chi connectivity index (χ1n) is 13.3. The minimum absolute atomic E-state index is 0.122. The molecule has 9 nitrogen and oxygen atoms in total. The largest absolute Gasteiger partial charge is 0.372 e. The third-order valence-electron chi connectivity index (χ3n) is 7.36. The highest BCUT2D eigenvalue weighted by atomic mass is 16.5. The second kappa shape index (κ2) is 10.4. The molecule has 0 saturated carbocycles. The Morgan fingerprint density at radius 1 is 0.895 bits per heavy atom. The van der Waals surface area contributed by atoms with Crippen molar-refractivity contribution in [1.29, 1.82) is 0 Å². The van der Waals surface area contributed by atoms with E-state index >= 15 is 0 Å². The number of pyridine rings is 1. The van der Waals surface area contributed by atoms with Crippen molar-refractivity contribution in [2.75, 3.05) is 49.1 Å². The lowest BCUT2D eigenvalue weighted by Crippen LogP contribution is -2.49. The van der Waals surface area contributed by atoms with Gasteiger partial charge in [0.25, 0.3) is 0 Å². The lowest BCUT2D eigenvalue weighted by atomic mass is 10.1. The molecule has 2 aliphatic rings. The summed E-state index contributed by atoms with van der Waals surface area (Å²) in [6.45, 7) is 8.97. The average molecular weight is 512 g/mol. The maximum absolute atomic E-state index is 13.1. The standard InChI is InChI=1S/C29H33N7O2/c1-21-18-36(19-22(2)38-21)29-31-16-24(17-32-29)25-7-3-4-8-26(25)33-12-14-34(15-13-33)27(37)20-35-11-9-23-6-5-10-30-28(23)35/h3-11,16-17,21-22H,12-15,18-20H2,1-2H3/t21-,22-/m1/s1. The van der Waals surface area contributed by atoms with Gasteiger partial charge in [-0.3, -0.25) is 4.79 Å². The molecular weight excluding hydrogens is 478 g/mol. The van der Waals surface area contributed by atoms with Crippen molar-refractivity contribution in [2.45, 2.75) is 32.6 Å². The van der Waals surface area contributed by atoms with Crippen LogP contribution in [0.25, 0.3) is 22.2 Å². The van der Waals surface area contributed by atoms with Gasteiger partial charge in [-0.2, -0.15) is 0 Å². The number of nitrogens with zero attached hydrogens (tertiary/aromatic N) is 7. The molecular formula is C29H33N7O2. The average Bonchev–Trinajstić information content (AvgIpc) is 3.35. The SMILES string of the molecule is C[C@@H]1CN(c2ncc(-c3ccccc3N3CCN(C(=O)Cn4ccc5cccnc54)CC3)cn2)C[C@@H](C)O1. The summed E-state index contributed by atoms with van der Waals surface area (Å²) in [6, 6.07) is 14.3. The Bertz CT molecular complexity index is 1400. The lowest BCUT2D eigenvalue weighted by molar-refractivity contribution is -0.132. The van der Waals surface area contributed by atoms with Crippen molar-refractivity contribution in [1.82, 2.24) is 24.4 Å². The van der Waals surface area contributed by atoms with Crippen LogP contribution in [0, 0.1) is 0 Å². The monoisotopic (exact) mass is 511 g/mol. The molecule has 9 heteroatoms. The van der Waals surface area contributed by atoms with Gasteiger partial charge in [0.05, 0.1) is 12.2 Å². The van der Waals surface area contributed by atoms with Gasteiger partial charge in [-0.05, 0) is 38.1 Å². The molecule has 38 heavy (non-hydrogen) atoms. The Hall–Kier alpha value is -3.98. The molecule has 0 N–H and O–H groups in total. The number of hydrogen-bond acceptors (Lipinski definition) is 7. The zero-order valence-corrected chi connectivity index (χ0v) is 21.9. The molecule has 0 bridgehead atoms. The van der Waals surface area contributed by atoms with Gasteiger partial charge in [0.2, 0.25) is 11.9 Å². The van der Waals surface area contributed by atoms with E-state index in [9.17, 15) is 4.79 Å². The summed E-state index contributed by atoms with van der Waals surface area (Å²) in [5.41, 5.74) is 4.08. The van der Waals surface area contributed by atoms with Crippen LogP contribution in [0.2, 0.25) is 0 Å². The number of anilines is 2. The second-order valence-corrected chi connectivity index (χ2v) is 10.2. The Kier molecular flexibility index (Phi) is 6.68. The Labute approximate surface area is 222 Å². The van der Waals surface area contributed by atoms with Crippen LogP contribution in [0.15, 0.2) is 67.3 Å². The third-order valence-corrected chi connectivity index (χ3v) is 7.36. The number of ether oxygens (including phenoxy) is 1. The number of carbonyl (C=O) groups is 1. The molecule has 4 aromatic rings. The van der Waals surface area contributed by atoms with Gasteiger partial charge in [0.1, 0.15) is 12.2 Å². The molecule has 0 aliphatic carbocycles. The molecule has 2 saturated heterocycles. The summed E-state index contributed by atoms with van der Waals surface area (Å²) >= 11 is 0. The van der Waals surface area contributed by atoms with Crippen molar-refractivity contribution in [3.63, 3.8) is 0 Å². The van der Waals surface area contributed by atoms with Crippen LogP contribution in [-0.2, 0) is 16.1 Å². The van der Waals surface area contributed by atoms with E-state index in [0.29, 0.717) is 19.6 Å². The quantitative estimate of drug-likeness (QED) is 0.406. The molecule has 2 atom stereocenters. The molecule has 0 radical (unpaired) electrons. The molecule has 2 fully saturated rings. The summed E-state index contributed by atoms with van der Waals surface area (Å²) in [6.07, 6.45) is 7.86. The Balaban J connectivity index is 1.12. The van der Waals surface area contributed by atoms with Crippen LogP contribution in [0.1, 0.15) is 13.8 Å². The molecule has 0 unspecified atom stereocenters. The van der Waals surface area contributed by atoms with E-state index in [4.69, 9.17) is 14.7 Å². The van der Waals surface area contributed by atoms with Gasteiger partial charge in [-0.25, -0.2) is 15.0 Å². The van der Waals surface area contributed by atoms with Gasteiger partial charge >= 0.3 is 0 Å².